The van der Waals surface area contributed by atoms with Gasteiger partial charge < -0.3 is 19.4 Å². The number of carbonyl (C=O) groups excluding carboxylic acids is 1. The molecule has 3 fully saturated rings. The molecule has 236 valence electrons. The average Bonchev–Trinajstić information content (AvgIpc) is 3.74. The molecule has 7 rings (SSSR count). The van der Waals surface area contributed by atoms with Gasteiger partial charge in [0.05, 0.1) is 23.6 Å². The lowest BCUT2D eigenvalue weighted by molar-refractivity contribution is -0.131. The molecule has 1 amide bonds. The molecule has 0 radical (unpaired) electrons. The Bertz CT molecular complexity index is 1810. The lowest BCUT2D eigenvalue weighted by atomic mass is 9.94. The number of likely N-dealkylation sites (tertiary alicyclic amines) is 1. The minimum Gasteiger partial charge on any atom is -0.475 e. The predicted molar refractivity (Wildman–Crippen MR) is 174 cm³/mol. The predicted octanol–water partition coefficient (Wildman–Crippen LogP) is 5.07. The van der Waals surface area contributed by atoms with Gasteiger partial charge in [-0.1, -0.05) is 42.4 Å². The summed E-state index contributed by atoms with van der Waals surface area (Å²) in [7, 11) is 2.12. The van der Waals surface area contributed by atoms with E-state index in [0.717, 1.165) is 40.0 Å². The Labute approximate surface area is 273 Å². The molecule has 0 spiro atoms. The molecular weight excluding hydrogens is 605 g/mol. The first-order valence-electron chi connectivity index (χ1n) is 15.8. The van der Waals surface area contributed by atoms with E-state index >= 15 is 0 Å². The molecule has 4 aliphatic rings. The van der Waals surface area contributed by atoms with Gasteiger partial charge in [0.25, 0.3) is 5.91 Å². The van der Waals surface area contributed by atoms with Gasteiger partial charge in [0.2, 0.25) is 5.88 Å². The highest BCUT2D eigenvalue weighted by atomic mass is 35.5. The fraction of sp³-hybridized carbons (Fsp3) is 0.429. The Kier molecular flexibility index (Phi) is 7.96. The maximum absolute atomic E-state index is 13.9. The number of hydrogen-bond acceptors (Lipinski definition) is 8. The van der Waals surface area contributed by atoms with Crippen LogP contribution in [-0.4, -0.2) is 79.2 Å². The zero-order valence-electron chi connectivity index (χ0n) is 25.8. The monoisotopic (exact) mass is 639 g/mol. The quantitative estimate of drug-likeness (QED) is 0.331. The van der Waals surface area contributed by atoms with Gasteiger partial charge in [0.15, 0.2) is 5.83 Å². The number of piperidine rings is 1. The number of ether oxygens (including phenoxy) is 1. The number of nitriles is 2. The Balaban J connectivity index is 1.27. The lowest BCUT2D eigenvalue weighted by Gasteiger charge is -2.42. The minimum atomic E-state index is -1.04. The Morgan fingerprint density at radius 1 is 1.13 bits per heavy atom. The molecule has 4 heterocycles. The third-order valence-electron chi connectivity index (χ3n) is 10.2. The van der Waals surface area contributed by atoms with Crippen molar-refractivity contribution >= 4 is 39.8 Å². The number of likely N-dealkylation sites (N-methyl/N-ethyl adjacent to an activating group) is 1. The van der Waals surface area contributed by atoms with Gasteiger partial charge in [0.1, 0.15) is 24.1 Å². The fourth-order valence-electron chi connectivity index (χ4n) is 7.77. The molecule has 2 saturated heterocycles. The third kappa shape index (κ3) is 5.30. The number of fused-ring (bicyclic) bond motifs is 3. The third-order valence-corrected chi connectivity index (χ3v) is 10.5. The Morgan fingerprint density at radius 3 is 2.65 bits per heavy atom. The van der Waals surface area contributed by atoms with Crippen LogP contribution in [0.25, 0.3) is 10.8 Å². The molecule has 46 heavy (non-hydrogen) atoms. The number of rotatable bonds is 7. The standard InChI is InChI=1S/C35H35ClFN7O2/c1-21(37)35(45)44-14-13-43(18-24(44)9-11-38)33-25-10-12-42(30-8-4-6-22-5-3-7-29(36)32(22)30)19-28(25)27(16-39)34(40-33)46-20-31-26-15-23(26)17-41(31)2/h3-8,23-24,26,31H,1,9-10,12-15,17-20H2,2H3/t23?,24?,26?,31-/m1/s1. The zero-order chi connectivity index (χ0) is 32.1. The van der Waals surface area contributed by atoms with Crippen LogP contribution in [0.3, 0.4) is 0 Å². The van der Waals surface area contributed by atoms with E-state index in [2.05, 4.69) is 46.5 Å². The van der Waals surface area contributed by atoms with Gasteiger partial charge in [-0.3, -0.25) is 9.69 Å². The van der Waals surface area contributed by atoms with E-state index in [9.17, 15) is 19.7 Å². The number of hydrogen-bond donors (Lipinski definition) is 0. The maximum Gasteiger partial charge on any atom is 0.282 e. The molecule has 0 N–H and O–H groups in total. The number of aromatic nitrogens is 1. The molecule has 3 aromatic rings. The molecule has 1 saturated carbocycles. The number of nitrogens with zero attached hydrogens (tertiary/aromatic N) is 7. The van der Waals surface area contributed by atoms with Crippen molar-refractivity contribution in [3.05, 3.63) is 70.5 Å². The summed E-state index contributed by atoms with van der Waals surface area (Å²) in [5, 5.41) is 22.8. The molecule has 11 heteroatoms. The molecular formula is C35H35ClFN7O2. The summed E-state index contributed by atoms with van der Waals surface area (Å²) in [5.41, 5.74) is 3.24. The number of carbonyl (C=O) groups is 1. The highest BCUT2D eigenvalue weighted by molar-refractivity contribution is 6.36. The number of piperazine rings is 1. The van der Waals surface area contributed by atoms with Crippen LogP contribution in [-0.2, 0) is 17.8 Å². The van der Waals surface area contributed by atoms with Crippen LogP contribution < -0.4 is 14.5 Å². The molecule has 3 unspecified atom stereocenters. The summed E-state index contributed by atoms with van der Waals surface area (Å²) in [4.78, 5) is 25.6. The van der Waals surface area contributed by atoms with Crippen molar-refractivity contribution in [2.24, 2.45) is 11.8 Å². The second-order valence-corrected chi connectivity index (χ2v) is 13.2. The molecule has 9 nitrogen and oxygen atoms in total. The van der Waals surface area contributed by atoms with Gasteiger partial charge in [-0.2, -0.15) is 15.5 Å². The van der Waals surface area contributed by atoms with Gasteiger partial charge >= 0.3 is 0 Å². The van der Waals surface area contributed by atoms with E-state index in [0.29, 0.717) is 67.4 Å². The molecule has 1 aliphatic carbocycles. The topological polar surface area (TPSA) is 99.7 Å². The summed E-state index contributed by atoms with van der Waals surface area (Å²) in [6.07, 6.45) is 1.87. The Hall–Kier alpha value is -4.38. The van der Waals surface area contributed by atoms with Crippen LogP contribution in [0.2, 0.25) is 5.02 Å². The van der Waals surface area contributed by atoms with Crippen molar-refractivity contribution < 1.29 is 13.9 Å². The smallest absolute Gasteiger partial charge is 0.282 e. The number of pyridine rings is 1. The van der Waals surface area contributed by atoms with Crippen LogP contribution in [0.4, 0.5) is 15.9 Å². The minimum absolute atomic E-state index is 0.0452. The largest absolute Gasteiger partial charge is 0.475 e. The van der Waals surface area contributed by atoms with Crippen LogP contribution in [0.15, 0.2) is 48.8 Å². The summed E-state index contributed by atoms with van der Waals surface area (Å²) in [6.45, 7) is 6.74. The summed E-state index contributed by atoms with van der Waals surface area (Å²) in [5.74, 6) is 0.504. The summed E-state index contributed by atoms with van der Waals surface area (Å²) < 4.78 is 20.3. The first kappa shape index (κ1) is 30.3. The summed E-state index contributed by atoms with van der Waals surface area (Å²) in [6, 6.07) is 16.3. The van der Waals surface area contributed by atoms with Crippen LogP contribution in [0.5, 0.6) is 5.88 Å². The van der Waals surface area contributed by atoms with Crippen molar-refractivity contribution in [1.29, 1.82) is 10.5 Å². The van der Waals surface area contributed by atoms with Crippen LogP contribution in [0.1, 0.15) is 29.5 Å². The molecule has 1 aromatic heterocycles. The fourth-order valence-corrected chi connectivity index (χ4v) is 8.04. The van der Waals surface area contributed by atoms with Crippen LogP contribution in [0, 0.1) is 34.5 Å². The average molecular weight is 640 g/mol. The highest BCUT2D eigenvalue weighted by Gasteiger charge is 2.51. The normalized spacial score (nSPS) is 23.8. The zero-order valence-corrected chi connectivity index (χ0v) is 26.5. The van der Waals surface area contributed by atoms with Gasteiger partial charge in [-0.25, -0.2) is 4.39 Å². The number of amides is 1. The van der Waals surface area contributed by atoms with E-state index in [1.807, 2.05) is 30.3 Å². The first-order chi connectivity index (χ1) is 22.3. The van der Waals surface area contributed by atoms with Crippen molar-refractivity contribution in [3.63, 3.8) is 0 Å². The van der Waals surface area contributed by atoms with E-state index in [-0.39, 0.29) is 19.0 Å². The second-order valence-electron chi connectivity index (χ2n) is 12.8. The van der Waals surface area contributed by atoms with Gasteiger partial charge in [-0.15, -0.1) is 0 Å². The van der Waals surface area contributed by atoms with E-state index in [1.54, 1.807) is 0 Å². The first-order valence-corrected chi connectivity index (χ1v) is 16.1. The van der Waals surface area contributed by atoms with Crippen molar-refractivity contribution in [1.82, 2.24) is 14.8 Å². The molecule has 4 atom stereocenters. The van der Waals surface area contributed by atoms with E-state index < -0.39 is 17.8 Å². The number of anilines is 2. The van der Waals surface area contributed by atoms with Crippen molar-refractivity contribution in [3.8, 4) is 18.0 Å². The van der Waals surface area contributed by atoms with Crippen molar-refractivity contribution in [2.45, 2.75) is 37.9 Å². The van der Waals surface area contributed by atoms with Crippen LogP contribution >= 0.6 is 11.6 Å². The maximum atomic E-state index is 13.9. The van der Waals surface area contributed by atoms with Gasteiger partial charge in [0, 0.05) is 67.5 Å². The molecule has 2 aromatic carbocycles. The van der Waals surface area contributed by atoms with Gasteiger partial charge in [-0.05, 0) is 49.2 Å². The van der Waals surface area contributed by atoms with Crippen molar-refractivity contribution in [2.75, 3.05) is 56.2 Å². The summed E-state index contributed by atoms with van der Waals surface area (Å²) >= 11 is 6.72. The number of halogens is 2. The van der Waals surface area contributed by atoms with E-state index in [1.165, 1.54) is 11.3 Å². The lowest BCUT2D eigenvalue weighted by Crippen LogP contribution is -2.55. The van der Waals surface area contributed by atoms with E-state index in [4.69, 9.17) is 21.3 Å². The molecule has 0 bridgehead atoms. The Morgan fingerprint density at radius 2 is 1.93 bits per heavy atom. The second kappa shape index (κ2) is 12.1. The number of benzene rings is 2. The highest BCUT2D eigenvalue weighted by Crippen LogP contribution is 2.49. The SMILES string of the molecule is C=C(F)C(=O)N1CCN(c2nc(OC[C@@H]3C4CC4CN3C)c(C#N)c3c2CCN(c2cccc4cccc(Cl)c24)C3)CC1CC#N. The molecule has 3 aliphatic heterocycles.